The van der Waals surface area contributed by atoms with Gasteiger partial charge in [-0.25, -0.2) is 0 Å². The van der Waals surface area contributed by atoms with Crippen molar-refractivity contribution in [3.63, 3.8) is 0 Å². The zero-order chi connectivity index (χ0) is 15.9. The van der Waals surface area contributed by atoms with Crippen LogP contribution in [0.25, 0.3) is 0 Å². The van der Waals surface area contributed by atoms with Crippen molar-refractivity contribution < 1.29 is 9.47 Å². The summed E-state index contributed by atoms with van der Waals surface area (Å²) in [7, 11) is 0. The summed E-state index contributed by atoms with van der Waals surface area (Å²) < 4.78 is 11.6. The average molecular weight is 290 g/mol. The van der Waals surface area contributed by atoms with Gasteiger partial charge in [-0.05, 0) is 52.2 Å². The van der Waals surface area contributed by atoms with Crippen LogP contribution in [0.4, 0.5) is 0 Å². The van der Waals surface area contributed by atoms with Gasteiger partial charge in [-0.2, -0.15) is 5.26 Å². The molecule has 0 aliphatic rings. The van der Waals surface area contributed by atoms with Crippen LogP contribution in [0.3, 0.4) is 0 Å². The van der Waals surface area contributed by atoms with Gasteiger partial charge in [-0.1, -0.05) is 12.1 Å². The second-order valence-electron chi connectivity index (χ2n) is 5.95. The molecule has 0 aromatic heterocycles. The molecule has 0 saturated carbocycles. The Kier molecular flexibility index (Phi) is 6.51. The molecule has 1 rings (SSSR count). The third kappa shape index (κ3) is 5.65. The number of hydrogen-bond acceptors (Lipinski definition) is 4. The van der Waals surface area contributed by atoms with E-state index in [1.165, 1.54) is 0 Å². The number of nitriles is 1. The molecule has 1 unspecified atom stereocenters. The van der Waals surface area contributed by atoms with E-state index in [0.29, 0.717) is 19.6 Å². The normalized spacial score (nSPS) is 12.6. The van der Waals surface area contributed by atoms with Gasteiger partial charge in [0.25, 0.3) is 0 Å². The lowest BCUT2D eigenvalue weighted by Gasteiger charge is -2.19. The Labute approximate surface area is 127 Å². The minimum Gasteiger partial charge on any atom is -0.490 e. The zero-order valence-electron chi connectivity index (χ0n) is 13.5. The highest BCUT2D eigenvalue weighted by Crippen LogP contribution is 2.33. The van der Waals surface area contributed by atoms with Crippen LogP contribution in [0, 0.1) is 16.7 Å². The average Bonchev–Trinajstić information content (AvgIpc) is 2.41. The maximum absolute atomic E-state index is 9.06. The molecule has 0 aliphatic heterocycles. The van der Waals surface area contributed by atoms with Crippen molar-refractivity contribution in [1.82, 2.24) is 0 Å². The summed E-state index contributed by atoms with van der Waals surface area (Å²) in [5.41, 5.74) is 6.56. The van der Waals surface area contributed by atoms with Gasteiger partial charge in [-0.3, -0.25) is 0 Å². The molecule has 1 atom stereocenters. The Morgan fingerprint density at radius 3 is 2.62 bits per heavy atom. The van der Waals surface area contributed by atoms with Crippen molar-refractivity contribution in [1.29, 1.82) is 5.26 Å². The summed E-state index contributed by atoms with van der Waals surface area (Å²) in [4.78, 5) is 0. The molecule has 116 valence electrons. The lowest BCUT2D eigenvalue weighted by atomic mass is 9.92. The number of nitrogens with two attached hydrogens (primary N) is 1. The predicted octanol–water partition coefficient (Wildman–Crippen LogP) is 3.29. The molecule has 4 heteroatoms. The summed E-state index contributed by atoms with van der Waals surface area (Å²) in [5.74, 6) is 1.50. The summed E-state index contributed by atoms with van der Waals surface area (Å²) in [5, 5.41) is 9.06. The van der Waals surface area contributed by atoms with Crippen LogP contribution in [0.2, 0.25) is 0 Å². The van der Waals surface area contributed by atoms with E-state index in [2.05, 4.69) is 6.07 Å². The van der Waals surface area contributed by atoms with E-state index in [-0.39, 0.29) is 11.5 Å². The Morgan fingerprint density at radius 2 is 2.05 bits per heavy atom. The molecule has 0 heterocycles. The fraction of sp³-hybridized carbons (Fsp3) is 0.588. The lowest BCUT2D eigenvalue weighted by molar-refractivity contribution is 0.243. The number of nitrogens with zero attached hydrogens (tertiary/aromatic N) is 1. The Balaban J connectivity index is 2.88. The van der Waals surface area contributed by atoms with Gasteiger partial charge in [0.2, 0.25) is 0 Å². The van der Waals surface area contributed by atoms with Crippen molar-refractivity contribution in [2.75, 3.05) is 13.2 Å². The first-order valence-electron chi connectivity index (χ1n) is 7.44. The maximum Gasteiger partial charge on any atom is 0.164 e. The first kappa shape index (κ1) is 17.3. The van der Waals surface area contributed by atoms with E-state index in [9.17, 15) is 0 Å². The Morgan fingerprint density at radius 1 is 1.33 bits per heavy atom. The van der Waals surface area contributed by atoms with E-state index >= 15 is 0 Å². The quantitative estimate of drug-likeness (QED) is 0.797. The number of para-hydroxylation sites is 1. The van der Waals surface area contributed by atoms with Crippen molar-refractivity contribution in [3.8, 4) is 17.6 Å². The molecule has 0 bridgehead atoms. The minimum absolute atomic E-state index is 0.0553. The highest BCUT2D eigenvalue weighted by atomic mass is 16.5. The molecule has 4 nitrogen and oxygen atoms in total. The molecule has 0 spiro atoms. The molecule has 21 heavy (non-hydrogen) atoms. The van der Waals surface area contributed by atoms with Gasteiger partial charge >= 0.3 is 0 Å². The van der Waals surface area contributed by atoms with Crippen molar-refractivity contribution in [2.45, 2.75) is 46.6 Å². The van der Waals surface area contributed by atoms with Gasteiger partial charge in [0.1, 0.15) is 0 Å². The molecule has 0 saturated heterocycles. The Bertz CT molecular complexity index is 490. The number of hydrogen-bond donors (Lipinski definition) is 1. The summed E-state index contributed by atoms with van der Waals surface area (Å²) in [6, 6.07) is 8.20. The fourth-order valence-electron chi connectivity index (χ4n) is 1.97. The van der Waals surface area contributed by atoms with Gasteiger partial charge in [0.05, 0.1) is 24.7 Å². The summed E-state index contributed by atoms with van der Waals surface area (Å²) in [6.45, 7) is 8.80. The van der Waals surface area contributed by atoms with E-state index in [4.69, 9.17) is 20.5 Å². The maximum atomic E-state index is 9.06. The molecule has 0 radical (unpaired) electrons. The SMILES string of the molecule is CCOc1cccc(CC(C)N)c1OCCC(C)(C)C#N. The topological polar surface area (TPSA) is 68.3 Å². The van der Waals surface area contributed by atoms with Crippen molar-refractivity contribution in [2.24, 2.45) is 11.1 Å². The second kappa shape index (κ2) is 7.90. The third-order valence-electron chi connectivity index (χ3n) is 3.18. The first-order valence-corrected chi connectivity index (χ1v) is 7.44. The minimum atomic E-state index is -0.387. The smallest absolute Gasteiger partial charge is 0.164 e. The van der Waals surface area contributed by atoms with Gasteiger partial charge in [-0.15, -0.1) is 0 Å². The molecule has 0 fully saturated rings. The van der Waals surface area contributed by atoms with E-state index in [1.54, 1.807) is 0 Å². The van der Waals surface area contributed by atoms with Crippen LogP contribution in [0.15, 0.2) is 18.2 Å². The molecule has 0 aliphatic carbocycles. The number of benzene rings is 1. The molecule has 1 aromatic carbocycles. The van der Waals surface area contributed by atoms with Crippen LogP contribution in [-0.2, 0) is 6.42 Å². The Hall–Kier alpha value is -1.73. The summed E-state index contributed by atoms with van der Waals surface area (Å²) in [6.07, 6.45) is 1.40. The van der Waals surface area contributed by atoms with Crippen LogP contribution in [0.1, 0.15) is 39.7 Å². The fourth-order valence-corrected chi connectivity index (χ4v) is 1.97. The van der Waals surface area contributed by atoms with Crippen LogP contribution in [0.5, 0.6) is 11.5 Å². The second-order valence-corrected chi connectivity index (χ2v) is 5.95. The zero-order valence-corrected chi connectivity index (χ0v) is 13.5. The van der Waals surface area contributed by atoms with Gasteiger partial charge in [0.15, 0.2) is 11.5 Å². The first-order chi connectivity index (χ1) is 9.89. The molecular formula is C17H26N2O2. The standard InChI is InChI=1S/C17H26N2O2/c1-5-20-15-8-6-7-14(11-13(2)19)16(15)21-10-9-17(3,4)12-18/h6-8,13H,5,9-11,19H2,1-4H3. The van der Waals surface area contributed by atoms with E-state index in [1.807, 2.05) is 45.9 Å². The van der Waals surface area contributed by atoms with Crippen LogP contribution >= 0.6 is 0 Å². The van der Waals surface area contributed by atoms with Gasteiger partial charge < -0.3 is 15.2 Å². The van der Waals surface area contributed by atoms with Crippen LogP contribution in [-0.4, -0.2) is 19.3 Å². The molecule has 1 aromatic rings. The highest BCUT2D eigenvalue weighted by Gasteiger charge is 2.18. The molecule has 2 N–H and O–H groups in total. The highest BCUT2D eigenvalue weighted by molar-refractivity contribution is 5.47. The van der Waals surface area contributed by atoms with E-state index in [0.717, 1.165) is 23.5 Å². The van der Waals surface area contributed by atoms with Crippen LogP contribution < -0.4 is 15.2 Å². The summed E-state index contributed by atoms with van der Waals surface area (Å²) >= 11 is 0. The monoisotopic (exact) mass is 290 g/mol. The molecular weight excluding hydrogens is 264 g/mol. The van der Waals surface area contributed by atoms with Gasteiger partial charge in [0, 0.05) is 6.04 Å². The number of rotatable bonds is 8. The lowest BCUT2D eigenvalue weighted by Crippen LogP contribution is -2.19. The van der Waals surface area contributed by atoms with Crippen molar-refractivity contribution >= 4 is 0 Å². The largest absolute Gasteiger partial charge is 0.490 e. The van der Waals surface area contributed by atoms with Crippen molar-refractivity contribution in [3.05, 3.63) is 23.8 Å². The molecule has 0 amide bonds. The number of ether oxygens (including phenoxy) is 2. The van der Waals surface area contributed by atoms with E-state index < -0.39 is 0 Å². The predicted molar refractivity (Wildman–Crippen MR) is 84.5 cm³/mol. The third-order valence-corrected chi connectivity index (χ3v) is 3.18.